The van der Waals surface area contributed by atoms with Crippen LogP contribution in [0.1, 0.15) is 59.3 Å². The van der Waals surface area contributed by atoms with Crippen molar-refractivity contribution >= 4 is 5.84 Å². The predicted octanol–water partition coefficient (Wildman–Crippen LogP) is 2.71. The van der Waals surface area contributed by atoms with Crippen LogP contribution in [0, 0.1) is 5.41 Å². The summed E-state index contributed by atoms with van der Waals surface area (Å²) in [6.45, 7) is 8.34. The van der Waals surface area contributed by atoms with Gasteiger partial charge in [0.25, 0.3) is 0 Å². The molecule has 0 aliphatic rings. The molecule has 0 aliphatic carbocycles. The third-order valence-electron chi connectivity index (χ3n) is 3.16. The van der Waals surface area contributed by atoms with Crippen molar-refractivity contribution in [1.29, 1.82) is 0 Å². The molecule has 0 atom stereocenters. The van der Waals surface area contributed by atoms with Gasteiger partial charge < -0.3 is 16.3 Å². The van der Waals surface area contributed by atoms with Gasteiger partial charge in [0.2, 0.25) is 0 Å². The molecule has 0 aromatic heterocycles. The van der Waals surface area contributed by atoms with Crippen molar-refractivity contribution in [1.82, 2.24) is 5.32 Å². The summed E-state index contributed by atoms with van der Waals surface area (Å²) in [5.74, 6) is 0.320. The molecule has 102 valence electrons. The molecule has 0 rings (SSSR count). The van der Waals surface area contributed by atoms with Gasteiger partial charge in [0.05, 0.1) is 0 Å². The van der Waals surface area contributed by atoms with E-state index in [1.54, 1.807) is 0 Å². The highest BCUT2D eigenvalue weighted by Gasteiger charge is 2.22. The summed E-state index contributed by atoms with van der Waals surface area (Å²) in [5, 5.41) is 15.2. The zero-order valence-electron chi connectivity index (χ0n) is 11.6. The van der Waals surface area contributed by atoms with Crippen molar-refractivity contribution in [2.24, 2.45) is 16.3 Å². The third kappa shape index (κ3) is 8.02. The second-order valence-electron chi connectivity index (χ2n) is 5.28. The van der Waals surface area contributed by atoms with Crippen LogP contribution in [0.15, 0.2) is 5.16 Å². The maximum Gasteiger partial charge on any atom is 0.144 e. The first-order valence-corrected chi connectivity index (χ1v) is 6.73. The molecule has 0 amide bonds. The van der Waals surface area contributed by atoms with Gasteiger partial charge in [0.1, 0.15) is 5.84 Å². The number of hydrogen-bond donors (Lipinski definition) is 3. The monoisotopic (exact) mass is 243 g/mol. The first-order valence-electron chi connectivity index (χ1n) is 6.73. The van der Waals surface area contributed by atoms with Crippen molar-refractivity contribution in [3.8, 4) is 0 Å². The normalized spacial score (nSPS) is 13.0. The average molecular weight is 243 g/mol. The standard InChI is InChI=1S/C13H29N3O/c1-4-5-6-7-10-15-11-8-9-13(2,3)12(14)16-17/h15,17H,4-11H2,1-3H3,(H2,14,16). The first kappa shape index (κ1) is 16.2. The molecule has 17 heavy (non-hydrogen) atoms. The number of rotatable bonds is 10. The molecule has 0 bridgehead atoms. The topological polar surface area (TPSA) is 70.6 Å². The van der Waals surface area contributed by atoms with Gasteiger partial charge in [-0.05, 0) is 32.4 Å². The second-order valence-corrected chi connectivity index (χ2v) is 5.28. The number of oxime groups is 1. The third-order valence-corrected chi connectivity index (χ3v) is 3.16. The van der Waals surface area contributed by atoms with E-state index in [1.165, 1.54) is 25.7 Å². The van der Waals surface area contributed by atoms with Crippen LogP contribution in [0.2, 0.25) is 0 Å². The summed E-state index contributed by atoms with van der Waals surface area (Å²) in [4.78, 5) is 0. The minimum absolute atomic E-state index is 0.210. The number of nitrogens with one attached hydrogen (secondary N) is 1. The maximum atomic E-state index is 8.64. The molecule has 0 saturated heterocycles. The van der Waals surface area contributed by atoms with E-state index >= 15 is 0 Å². The summed E-state index contributed by atoms with van der Waals surface area (Å²) in [7, 11) is 0. The molecule has 0 heterocycles. The zero-order valence-corrected chi connectivity index (χ0v) is 11.6. The Morgan fingerprint density at radius 1 is 1.18 bits per heavy atom. The molecule has 4 heteroatoms. The molecule has 4 nitrogen and oxygen atoms in total. The highest BCUT2D eigenvalue weighted by atomic mass is 16.4. The Morgan fingerprint density at radius 3 is 2.41 bits per heavy atom. The van der Waals surface area contributed by atoms with E-state index in [1.807, 2.05) is 13.8 Å². The summed E-state index contributed by atoms with van der Waals surface area (Å²) in [5.41, 5.74) is 5.42. The number of unbranched alkanes of at least 4 members (excludes halogenated alkanes) is 3. The van der Waals surface area contributed by atoms with Crippen LogP contribution in [0.4, 0.5) is 0 Å². The smallest absolute Gasteiger partial charge is 0.144 e. The van der Waals surface area contributed by atoms with Gasteiger partial charge in [0, 0.05) is 5.41 Å². The maximum absolute atomic E-state index is 8.64. The minimum Gasteiger partial charge on any atom is -0.409 e. The molecule has 0 aromatic rings. The lowest BCUT2D eigenvalue weighted by Gasteiger charge is -2.22. The summed E-state index contributed by atoms with van der Waals surface area (Å²) >= 11 is 0. The second kappa shape index (κ2) is 9.28. The van der Waals surface area contributed by atoms with Crippen molar-refractivity contribution in [3.05, 3.63) is 0 Å². The van der Waals surface area contributed by atoms with Gasteiger partial charge >= 0.3 is 0 Å². The molecule has 0 unspecified atom stereocenters. The number of hydrogen-bond acceptors (Lipinski definition) is 3. The summed E-state index contributed by atoms with van der Waals surface area (Å²) in [6, 6.07) is 0. The van der Waals surface area contributed by atoms with Gasteiger partial charge in [-0.1, -0.05) is 45.2 Å². The Bertz CT molecular complexity index is 215. The van der Waals surface area contributed by atoms with E-state index in [4.69, 9.17) is 10.9 Å². The van der Waals surface area contributed by atoms with E-state index in [9.17, 15) is 0 Å². The lowest BCUT2D eigenvalue weighted by atomic mass is 9.86. The Kier molecular flexibility index (Phi) is 8.86. The number of nitrogens with two attached hydrogens (primary N) is 1. The Hall–Kier alpha value is -0.770. The lowest BCUT2D eigenvalue weighted by Crippen LogP contribution is -2.32. The molecule has 0 saturated carbocycles. The molecule has 4 N–H and O–H groups in total. The van der Waals surface area contributed by atoms with Crippen molar-refractivity contribution < 1.29 is 5.21 Å². The minimum atomic E-state index is -0.210. The number of nitrogens with zero attached hydrogens (tertiary/aromatic N) is 1. The van der Waals surface area contributed by atoms with E-state index in [-0.39, 0.29) is 5.41 Å². The average Bonchev–Trinajstić information content (AvgIpc) is 2.31. The quantitative estimate of drug-likeness (QED) is 0.182. The molecule has 0 radical (unpaired) electrons. The van der Waals surface area contributed by atoms with Gasteiger partial charge in [-0.15, -0.1) is 0 Å². The van der Waals surface area contributed by atoms with Gasteiger partial charge in [0.15, 0.2) is 0 Å². The predicted molar refractivity (Wildman–Crippen MR) is 73.4 cm³/mol. The Balaban J connectivity index is 3.45. The van der Waals surface area contributed by atoms with Gasteiger partial charge in [-0.2, -0.15) is 0 Å². The van der Waals surface area contributed by atoms with E-state index in [0.29, 0.717) is 5.84 Å². The van der Waals surface area contributed by atoms with Crippen LogP contribution in [-0.2, 0) is 0 Å². The number of amidine groups is 1. The fraction of sp³-hybridized carbons (Fsp3) is 0.923. The van der Waals surface area contributed by atoms with E-state index in [2.05, 4.69) is 17.4 Å². The fourth-order valence-corrected chi connectivity index (χ4v) is 1.72. The molecule has 0 aromatic carbocycles. The Labute approximate surface area is 106 Å². The van der Waals surface area contributed by atoms with Crippen LogP contribution >= 0.6 is 0 Å². The van der Waals surface area contributed by atoms with Crippen molar-refractivity contribution in [2.45, 2.75) is 59.3 Å². The molecule has 0 fully saturated rings. The Morgan fingerprint density at radius 2 is 1.82 bits per heavy atom. The summed E-state index contributed by atoms with van der Waals surface area (Å²) < 4.78 is 0. The van der Waals surface area contributed by atoms with E-state index < -0.39 is 0 Å². The molecule has 0 spiro atoms. The first-order chi connectivity index (χ1) is 8.04. The van der Waals surface area contributed by atoms with Crippen molar-refractivity contribution in [2.75, 3.05) is 13.1 Å². The highest BCUT2D eigenvalue weighted by molar-refractivity contribution is 5.85. The van der Waals surface area contributed by atoms with Gasteiger partial charge in [-0.3, -0.25) is 0 Å². The fourth-order valence-electron chi connectivity index (χ4n) is 1.72. The van der Waals surface area contributed by atoms with Crippen molar-refractivity contribution in [3.63, 3.8) is 0 Å². The van der Waals surface area contributed by atoms with Crippen LogP contribution < -0.4 is 11.1 Å². The van der Waals surface area contributed by atoms with E-state index in [0.717, 1.165) is 25.9 Å². The van der Waals surface area contributed by atoms with Crippen LogP contribution in [0.25, 0.3) is 0 Å². The molecule has 0 aliphatic heterocycles. The lowest BCUT2D eigenvalue weighted by molar-refractivity contribution is 0.304. The SMILES string of the molecule is CCCCCCNCCCC(C)(C)C(N)=NO. The molecular weight excluding hydrogens is 214 g/mol. The van der Waals surface area contributed by atoms with Crippen LogP contribution in [0.3, 0.4) is 0 Å². The summed E-state index contributed by atoms with van der Waals surface area (Å²) in [6.07, 6.45) is 7.19. The largest absolute Gasteiger partial charge is 0.409 e. The molecular formula is C13H29N3O. The van der Waals surface area contributed by atoms with Crippen LogP contribution in [0.5, 0.6) is 0 Å². The van der Waals surface area contributed by atoms with Gasteiger partial charge in [-0.25, -0.2) is 0 Å². The highest BCUT2D eigenvalue weighted by Crippen LogP contribution is 2.21. The van der Waals surface area contributed by atoms with Crippen LogP contribution in [-0.4, -0.2) is 24.1 Å². The zero-order chi connectivity index (χ0) is 13.1.